The van der Waals surface area contributed by atoms with Crippen molar-refractivity contribution in [3.8, 4) is 12.3 Å². The van der Waals surface area contributed by atoms with Gasteiger partial charge < -0.3 is 10.6 Å². The van der Waals surface area contributed by atoms with Crippen LogP contribution in [0.3, 0.4) is 0 Å². The molecule has 96 valence electrons. The van der Waals surface area contributed by atoms with Crippen molar-refractivity contribution < 1.29 is 4.79 Å². The molecular weight excluding hydrogens is 232 g/mol. The van der Waals surface area contributed by atoms with E-state index in [1.54, 1.807) is 11.8 Å². The van der Waals surface area contributed by atoms with Gasteiger partial charge in [-0.25, -0.2) is 0 Å². The summed E-state index contributed by atoms with van der Waals surface area (Å²) >= 11 is 1.69. The predicted octanol–water partition coefficient (Wildman–Crippen LogP) is 1.25. The molecule has 0 aromatic rings. The van der Waals surface area contributed by atoms with Crippen molar-refractivity contribution in [2.45, 2.75) is 26.2 Å². The molecule has 1 rings (SSSR count). The van der Waals surface area contributed by atoms with E-state index in [2.05, 4.69) is 23.5 Å². The first-order chi connectivity index (χ1) is 8.25. The fourth-order valence-corrected chi connectivity index (χ4v) is 2.71. The predicted molar refractivity (Wildman–Crippen MR) is 74.0 cm³/mol. The zero-order valence-corrected chi connectivity index (χ0v) is 11.4. The summed E-state index contributed by atoms with van der Waals surface area (Å²) < 4.78 is 0. The largest absolute Gasteiger partial charge is 0.355 e. The highest BCUT2D eigenvalue weighted by molar-refractivity contribution is 7.99. The van der Waals surface area contributed by atoms with Gasteiger partial charge in [-0.1, -0.05) is 12.8 Å². The number of piperidine rings is 1. The average molecular weight is 254 g/mol. The standard InChI is InChI=1S/C13H22N2OS/c1-3-10-17-11-9-15-12(16)13(4-2)5-7-14-8-6-13/h1,14H,4-11H2,2H3,(H,15,16). The van der Waals surface area contributed by atoms with Crippen LogP contribution < -0.4 is 10.6 Å². The normalized spacial score (nSPS) is 18.4. The van der Waals surface area contributed by atoms with E-state index in [9.17, 15) is 4.79 Å². The zero-order valence-electron chi connectivity index (χ0n) is 10.6. The van der Waals surface area contributed by atoms with Crippen LogP contribution in [0.5, 0.6) is 0 Å². The number of nitrogens with one attached hydrogen (secondary N) is 2. The van der Waals surface area contributed by atoms with Crippen LogP contribution in [0.15, 0.2) is 0 Å². The highest BCUT2D eigenvalue weighted by atomic mass is 32.2. The Morgan fingerprint density at radius 3 is 2.82 bits per heavy atom. The molecule has 0 aliphatic carbocycles. The van der Waals surface area contributed by atoms with Gasteiger partial charge in [0.15, 0.2) is 0 Å². The Morgan fingerprint density at radius 1 is 1.53 bits per heavy atom. The summed E-state index contributed by atoms with van der Waals surface area (Å²) in [5.41, 5.74) is -0.137. The van der Waals surface area contributed by atoms with Crippen molar-refractivity contribution >= 4 is 17.7 Å². The van der Waals surface area contributed by atoms with Gasteiger partial charge in [0, 0.05) is 12.3 Å². The van der Waals surface area contributed by atoms with Crippen molar-refractivity contribution in [3.05, 3.63) is 0 Å². The van der Waals surface area contributed by atoms with Gasteiger partial charge in [0.25, 0.3) is 0 Å². The summed E-state index contributed by atoms with van der Waals surface area (Å²) in [6, 6.07) is 0. The van der Waals surface area contributed by atoms with E-state index in [1.807, 2.05) is 0 Å². The molecule has 0 spiro atoms. The Kier molecular flexibility index (Phi) is 6.46. The summed E-state index contributed by atoms with van der Waals surface area (Å²) in [7, 11) is 0. The van der Waals surface area contributed by atoms with E-state index in [1.165, 1.54) is 0 Å². The number of carbonyl (C=O) groups is 1. The molecule has 1 heterocycles. The van der Waals surface area contributed by atoms with Crippen molar-refractivity contribution in [2.75, 3.05) is 31.1 Å². The number of hydrogen-bond donors (Lipinski definition) is 2. The molecule has 1 fully saturated rings. The number of amides is 1. The maximum absolute atomic E-state index is 12.2. The van der Waals surface area contributed by atoms with E-state index in [-0.39, 0.29) is 11.3 Å². The Hall–Kier alpha value is -0.660. The van der Waals surface area contributed by atoms with Crippen LogP contribution in [0.4, 0.5) is 0 Å². The maximum atomic E-state index is 12.2. The van der Waals surface area contributed by atoms with Gasteiger partial charge in [0.1, 0.15) is 0 Å². The third-order valence-electron chi connectivity index (χ3n) is 3.44. The van der Waals surface area contributed by atoms with Crippen molar-refractivity contribution in [3.63, 3.8) is 0 Å². The average Bonchev–Trinajstić information content (AvgIpc) is 2.39. The Balaban J connectivity index is 2.31. The van der Waals surface area contributed by atoms with Gasteiger partial charge in [0.05, 0.1) is 11.2 Å². The lowest BCUT2D eigenvalue weighted by Crippen LogP contribution is -2.47. The van der Waals surface area contributed by atoms with Gasteiger partial charge in [-0.2, -0.15) is 0 Å². The maximum Gasteiger partial charge on any atom is 0.226 e. The summed E-state index contributed by atoms with van der Waals surface area (Å²) in [5.74, 6) is 4.42. The number of hydrogen-bond acceptors (Lipinski definition) is 3. The van der Waals surface area contributed by atoms with Gasteiger partial charge in [0.2, 0.25) is 5.91 Å². The van der Waals surface area contributed by atoms with E-state index in [4.69, 9.17) is 6.42 Å². The second-order valence-corrected chi connectivity index (χ2v) is 5.50. The number of rotatable bonds is 6. The Labute approximate surface area is 108 Å². The quantitative estimate of drug-likeness (QED) is 0.554. The van der Waals surface area contributed by atoms with Crippen LogP contribution in [0.1, 0.15) is 26.2 Å². The molecule has 0 bridgehead atoms. The first kappa shape index (κ1) is 14.4. The fourth-order valence-electron chi connectivity index (χ4n) is 2.20. The highest BCUT2D eigenvalue weighted by Crippen LogP contribution is 2.32. The van der Waals surface area contributed by atoms with Crippen LogP contribution in [0.2, 0.25) is 0 Å². The fraction of sp³-hybridized carbons (Fsp3) is 0.769. The second kappa shape index (κ2) is 7.62. The molecule has 1 saturated heterocycles. The minimum Gasteiger partial charge on any atom is -0.355 e. The highest BCUT2D eigenvalue weighted by Gasteiger charge is 2.37. The lowest BCUT2D eigenvalue weighted by molar-refractivity contribution is -0.132. The minimum atomic E-state index is -0.137. The molecule has 0 aromatic heterocycles. The molecule has 17 heavy (non-hydrogen) atoms. The van der Waals surface area contributed by atoms with Gasteiger partial charge in [-0.3, -0.25) is 4.79 Å². The molecule has 4 heteroatoms. The van der Waals surface area contributed by atoms with Crippen LogP contribution in [0.25, 0.3) is 0 Å². The molecule has 0 unspecified atom stereocenters. The third-order valence-corrected chi connectivity index (χ3v) is 4.30. The van der Waals surface area contributed by atoms with Crippen molar-refractivity contribution in [1.29, 1.82) is 0 Å². The molecule has 0 atom stereocenters. The molecule has 2 N–H and O–H groups in total. The molecule has 1 amide bonds. The second-order valence-electron chi connectivity index (χ2n) is 4.40. The molecule has 3 nitrogen and oxygen atoms in total. The van der Waals surface area contributed by atoms with Gasteiger partial charge >= 0.3 is 0 Å². The molecule has 0 radical (unpaired) electrons. The first-order valence-electron chi connectivity index (χ1n) is 6.25. The topological polar surface area (TPSA) is 41.1 Å². The molecule has 1 aliphatic heterocycles. The summed E-state index contributed by atoms with van der Waals surface area (Å²) in [4.78, 5) is 12.2. The Bertz CT molecular complexity index is 280. The zero-order chi connectivity index (χ0) is 12.6. The molecule has 1 aliphatic rings. The SMILES string of the molecule is C#CCSCCNC(=O)C1(CC)CCNCC1. The summed E-state index contributed by atoms with van der Waals surface area (Å²) in [6.45, 7) is 4.73. The van der Waals surface area contributed by atoms with E-state index in [0.717, 1.165) is 50.4 Å². The minimum absolute atomic E-state index is 0.137. The van der Waals surface area contributed by atoms with Crippen LogP contribution in [0, 0.1) is 17.8 Å². The number of thioether (sulfide) groups is 1. The lowest BCUT2D eigenvalue weighted by atomic mass is 9.76. The Morgan fingerprint density at radius 2 is 2.24 bits per heavy atom. The van der Waals surface area contributed by atoms with E-state index >= 15 is 0 Å². The van der Waals surface area contributed by atoms with E-state index in [0.29, 0.717) is 0 Å². The van der Waals surface area contributed by atoms with Crippen molar-refractivity contribution in [2.24, 2.45) is 5.41 Å². The molecule has 0 aromatic carbocycles. The van der Waals surface area contributed by atoms with E-state index < -0.39 is 0 Å². The van der Waals surface area contributed by atoms with Crippen LogP contribution in [-0.4, -0.2) is 37.0 Å². The summed E-state index contributed by atoms with van der Waals surface area (Å²) in [6.07, 6.45) is 8.00. The lowest BCUT2D eigenvalue weighted by Gasteiger charge is -2.35. The number of terminal acetylenes is 1. The van der Waals surface area contributed by atoms with Gasteiger partial charge in [-0.05, 0) is 32.4 Å². The van der Waals surface area contributed by atoms with Crippen LogP contribution in [-0.2, 0) is 4.79 Å². The monoisotopic (exact) mass is 254 g/mol. The van der Waals surface area contributed by atoms with Gasteiger partial charge in [-0.15, -0.1) is 18.2 Å². The molecule has 0 saturated carbocycles. The summed E-state index contributed by atoms with van der Waals surface area (Å²) in [5, 5.41) is 6.35. The smallest absolute Gasteiger partial charge is 0.226 e. The van der Waals surface area contributed by atoms with Crippen molar-refractivity contribution in [1.82, 2.24) is 10.6 Å². The van der Waals surface area contributed by atoms with Crippen LogP contribution >= 0.6 is 11.8 Å². The first-order valence-corrected chi connectivity index (χ1v) is 7.41. The number of carbonyl (C=O) groups excluding carboxylic acids is 1. The molecular formula is C13H22N2OS. The third kappa shape index (κ3) is 4.25.